The summed E-state index contributed by atoms with van der Waals surface area (Å²) in [4.78, 5) is 18.9. The highest BCUT2D eigenvalue weighted by molar-refractivity contribution is 6.00. The third-order valence-electron chi connectivity index (χ3n) is 3.95. The van der Waals surface area contributed by atoms with Gasteiger partial charge in [0.1, 0.15) is 5.56 Å². The molecule has 0 aliphatic heterocycles. The van der Waals surface area contributed by atoms with Crippen molar-refractivity contribution in [1.29, 1.82) is 0 Å². The van der Waals surface area contributed by atoms with Crippen molar-refractivity contribution in [3.8, 4) is 11.3 Å². The van der Waals surface area contributed by atoms with E-state index in [9.17, 15) is 9.90 Å². The highest BCUT2D eigenvalue weighted by atomic mass is 16.3. The summed E-state index contributed by atoms with van der Waals surface area (Å²) in [5.41, 5.74) is 1.86. The minimum atomic E-state index is -0.961. The molecule has 6 nitrogen and oxygen atoms in total. The molecule has 25 heavy (non-hydrogen) atoms. The van der Waals surface area contributed by atoms with Crippen LogP contribution in [0.15, 0.2) is 48.8 Å². The van der Waals surface area contributed by atoms with Gasteiger partial charge in [-0.2, -0.15) is 5.10 Å². The van der Waals surface area contributed by atoms with Gasteiger partial charge in [0.15, 0.2) is 5.65 Å². The first-order chi connectivity index (χ1) is 11.9. The number of hydrogen-bond acceptors (Lipinski definition) is 4. The topological polar surface area (TPSA) is 70.7 Å². The molecular formula is C19H22N4O2. The number of amides is 1. The molecule has 0 radical (unpaired) electrons. The van der Waals surface area contributed by atoms with E-state index in [4.69, 9.17) is 0 Å². The molecule has 0 fully saturated rings. The molecule has 130 valence electrons. The van der Waals surface area contributed by atoms with E-state index < -0.39 is 5.60 Å². The van der Waals surface area contributed by atoms with Gasteiger partial charge in [-0.15, -0.1) is 0 Å². The lowest BCUT2D eigenvalue weighted by molar-refractivity contribution is 0.0315. The molecule has 0 aliphatic rings. The Morgan fingerprint density at radius 2 is 1.96 bits per heavy atom. The van der Waals surface area contributed by atoms with E-state index in [0.717, 1.165) is 11.3 Å². The third-order valence-corrected chi connectivity index (χ3v) is 3.95. The van der Waals surface area contributed by atoms with E-state index in [1.807, 2.05) is 43.3 Å². The molecule has 2 heterocycles. The van der Waals surface area contributed by atoms with Crippen LogP contribution in [0.1, 0.15) is 31.1 Å². The molecule has 1 N–H and O–H groups in total. The molecule has 0 aliphatic carbocycles. The van der Waals surface area contributed by atoms with Gasteiger partial charge in [-0.3, -0.25) is 4.79 Å². The monoisotopic (exact) mass is 338 g/mol. The largest absolute Gasteiger partial charge is 0.389 e. The fourth-order valence-corrected chi connectivity index (χ4v) is 2.83. The smallest absolute Gasteiger partial charge is 0.259 e. The maximum absolute atomic E-state index is 12.9. The van der Waals surface area contributed by atoms with E-state index in [1.165, 1.54) is 0 Å². The number of aromatic nitrogens is 3. The number of likely N-dealkylation sites (N-methyl/N-ethyl adjacent to an activating group) is 1. The normalized spacial score (nSPS) is 11.7. The summed E-state index contributed by atoms with van der Waals surface area (Å²) < 4.78 is 1.68. The summed E-state index contributed by atoms with van der Waals surface area (Å²) >= 11 is 0. The fraction of sp³-hybridized carbons (Fsp3) is 0.316. The lowest BCUT2D eigenvalue weighted by Gasteiger charge is -2.27. The van der Waals surface area contributed by atoms with Crippen LogP contribution in [0.25, 0.3) is 16.9 Å². The van der Waals surface area contributed by atoms with Gasteiger partial charge in [-0.05, 0) is 26.8 Å². The van der Waals surface area contributed by atoms with Gasteiger partial charge >= 0.3 is 0 Å². The highest BCUT2D eigenvalue weighted by Gasteiger charge is 2.25. The average molecular weight is 338 g/mol. The minimum absolute atomic E-state index is 0.183. The summed E-state index contributed by atoms with van der Waals surface area (Å²) in [6.45, 7) is 6.00. The zero-order chi connectivity index (χ0) is 18.0. The van der Waals surface area contributed by atoms with Crippen molar-refractivity contribution < 1.29 is 9.90 Å². The van der Waals surface area contributed by atoms with Gasteiger partial charge in [-0.25, -0.2) is 9.50 Å². The number of carbonyl (C=O) groups is 1. The molecule has 3 rings (SSSR count). The van der Waals surface area contributed by atoms with Crippen LogP contribution < -0.4 is 0 Å². The second-order valence-electron chi connectivity index (χ2n) is 6.62. The Morgan fingerprint density at radius 3 is 2.60 bits per heavy atom. The Balaban J connectivity index is 2.03. The summed E-state index contributed by atoms with van der Waals surface area (Å²) in [7, 11) is 0. The van der Waals surface area contributed by atoms with Crippen molar-refractivity contribution in [2.75, 3.05) is 13.1 Å². The van der Waals surface area contributed by atoms with Crippen LogP contribution in [0.2, 0.25) is 0 Å². The second kappa shape index (κ2) is 6.64. The van der Waals surface area contributed by atoms with Gasteiger partial charge < -0.3 is 10.0 Å². The quantitative estimate of drug-likeness (QED) is 0.776. The van der Waals surface area contributed by atoms with Crippen LogP contribution >= 0.6 is 0 Å². The summed E-state index contributed by atoms with van der Waals surface area (Å²) in [6, 6.07) is 11.7. The first-order valence-corrected chi connectivity index (χ1v) is 8.30. The Bertz CT molecular complexity index is 881. The number of aliphatic hydroxyl groups is 1. The van der Waals surface area contributed by atoms with Crippen molar-refractivity contribution in [1.82, 2.24) is 19.5 Å². The predicted molar refractivity (Wildman–Crippen MR) is 96.3 cm³/mol. The van der Waals surface area contributed by atoms with Crippen LogP contribution in [0, 0.1) is 0 Å². The molecular weight excluding hydrogens is 316 g/mol. The van der Waals surface area contributed by atoms with Crippen molar-refractivity contribution in [3.63, 3.8) is 0 Å². The van der Waals surface area contributed by atoms with E-state index in [2.05, 4.69) is 10.1 Å². The SMILES string of the molecule is CCN(CC(C)(C)O)C(=O)c1cnn2c(-c3ccccc3)ccnc12. The molecule has 0 spiro atoms. The zero-order valence-corrected chi connectivity index (χ0v) is 14.7. The van der Waals surface area contributed by atoms with E-state index in [-0.39, 0.29) is 12.5 Å². The van der Waals surface area contributed by atoms with Crippen molar-refractivity contribution in [3.05, 3.63) is 54.4 Å². The van der Waals surface area contributed by atoms with Crippen LogP contribution in [0.4, 0.5) is 0 Å². The van der Waals surface area contributed by atoms with Crippen LogP contribution in [0.3, 0.4) is 0 Å². The molecule has 3 aromatic rings. The first kappa shape index (κ1) is 17.1. The van der Waals surface area contributed by atoms with Crippen molar-refractivity contribution in [2.24, 2.45) is 0 Å². The summed E-state index contributed by atoms with van der Waals surface area (Å²) in [5, 5.41) is 14.4. The number of fused-ring (bicyclic) bond motifs is 1. The Labute approximate surface area is 146 Å². The van der Waals surface area contributed by atoms with E-state index in [1.54, 1.807) is 35.7 Å². The van der Waals surface area contributed by atoms with E-state index >= 15 is 0 Å². The van der Waals surface area contributed by atoms with Crippen molar-refractivity contribution >= 4 is 11.6 Å². The molecule has 0 saturated heterocycles. The van der Waals surface area contributed by atoms with Gasteiger partial charge in [0.05, 0.1) is 17.5 Å². The number of rotatable bonds is 5. The standard InChI is InChI=1S/C19H22N4O2/c1-4-22(13-19(2,3)25)18(24)15-12-21-23-16(10-11-20-17(15)23)14-8-6-5-7-9-14/h5-12,25H,4,13H2,1-3H3. The Kier molecular flexibility index (Phi) is 4.55. The predicted octanol–water partition coefficient (Wildman–Crippen LogP) is 2.63. The Hall–Kier alpha value is -2.73. The van der Waals surface area contributed by atoms with Gasteiger partial charge in [0.2, 0.25) is 0 Å². The van der Waals surface area contributed by atoms with Crippen LogP contribution in [0.5, 0.6) is 0 Å². The van der Waals surface area contributed by atoms with Crippen molar-refractivity contribution in [2.45, 2.75) is 26.4 Å². The molecule has 1 aromatic carbocycles. The molecule has 0 saturated carbocycles. The molecule has 2 aromatic heterocycles. The lowest BCUT2D eigenvalue weighted by atomic mass is 10.1. The van der Waals surface area contributed by atoms with Gasteiger partial charge in [0, 0.05) is 24.8 Å². The lowest BCUT2D eigenvalue weighted by Crippen LogP contribution is -2.42. The highest BCUT2D eigenvalue weighted by Crippen LogP contribution is 2.21. The first-order valence-electron chi connectivity index (χ1n) is 8.30. The zero-order valence-electron chi connectivity index (χ0n) is 14.7. The number of nitrogens with zero attached hydrogens (tertiary/aromatic N) is 4. The Morgan fingerprint density at radius 1 is 1.24 bits per heavy atom. The third kappa shape index (κ3) is 3.53. The maximum Gasteiger partial charge on any atom is 0.259 e. The average Bonchev–Trinajstić information content (AvgIpc) is 3.03. The van der Waals surface area contributed by atoms with Gasteiger partial charge in [0.25, 0.3) is 5.91 Å². The summed E-state index contributed by atoms with van der Waals surface area (Å²) in [5.74, 6) is -0.183. The van der Waals surface area contributed by atoms with E-state index in [0.29, 0.717) is 17.8 Å². The van der Waals surface area contributed by atoms with Crippen LogP contribution in [-0.2, 0) is 0 Å². The maximum atomic E-state index is 12.9. The molecule has 6 heteroatoms. The van der Waals surface area contributed by atoms with Gasteiger partial charge in [-0.1, -0.05) is 30.3 Å². The molecule has 0 bridgehead atoms. The molecule has 0 atom stereocenters. The number of carbonyl (C=O) groups excluding carboxylic acids is 1. The number of hydrogen-bond donors (Lipinski definition) is 1. The molecule has 0 unspecified atom stereocenters. The molecule has 1 amide bonds. The number of benzene rings is 1. The second-order valence-corrected chi connectivity index (χ2v) is 6.62. The summed E-state index contributed by atoms with van der Waals surface area (Å²) in [6.07, 6.45) is 3.23. The minimum Gasteiger partial charge on any atom is -0.389 e. The van der Waals surface area contributed by atoms with Crippen LogP contribution in [-0.4, -0.2) is 49.2 Å². The fourth-order valence-electron chi connectivity index (χ4n) is 2.83.